The van der Waals surface area contributed by atoms with Crippen LogP contribution in [0.25, 0.3) is 0 Å². The zero-order chi connectivity index (χ0) is 15.1. The molecular weight excluding hydrogens is 256 g/mol. The third kappa shape index (κ3) is 2.93. The van der Waals surface area contributed by atoms with Crippen LogP contribution in [0.5, 0.6) is 0 Å². The molecule has 2 heterocycles. The van der Waals surface area contributed by atoms with E-state index in [4.69, 9.17) is 4.74 Å². The molecule has 0 aromatic carbocycles. The fourth-order valence-electron chi connectivity index (χ4n) is 2.85. The van der Waals surface area contributed by atoms with Gasteiger partial charge in [0.1, 0.15) is 0 Å². The van der Waals surface area contributed by atoms with Crippen molar-refractivity contribution in [3.63, 3.8) is 0 Å². The Balaban J connectivity index is 2.18. The van der Waals surface area contributed by atoms with Crippen LogP contribution in [-0.4, -0.2) is 28.1 Å². The Morgan fingerprint density at radius 1 is 1.35 bits per heavy atom. The Bertz CT molecular complexity index is 587. The first-order valence-electron chi connectivity index (χ1n) is 6.82. The summed E-state index contributed by atoms with van der Waals surface area (Å²) in [6.45, 7) is 9.72. The van der Waals surface area contributed by atoms with E-state index in [1.165, 1.54) is 6.07 Å². The maximum atomic E-state index is 12.3. The van der Waals surface area contributed by atoms with Crippen molar-refractivity contribution in [3.05, 3.63) is 33.7 Å². The first-order valence-corrected chi connectivity index (χ1v) is 6.82. The van der Waals surface area contributed by atoms with E-state index in [-0.39, 0.29) is 23.1 Å². The number of carbonyl (C=O) groups is 1. The molecule has 1 amide bonds. The van der Waals surface area contributed by atoms with Crippen LogP contribution in [0.15, 0.2) is 16.9 Å². The summed E-state index contributed by atoms with van der Waals surface area (Å²) in [5.74, 6) is -0.182. The number of nitrogens with one attached hydrogen (secondary N) is 2. The highest BCUT2D eigenvalue weighted by atomic mass is 16.5. The summed E-state index contributed by atoms with van der Waals surface area (Å²) in [6.07, 6.45) is 0.758. The molecule has 5 nitrogen and oxygen atoms in total. The molecule has 1 saturated heterocycles. The van der Waals surface area contributed by atoms with Gasteiger partial charge in [-0.05, 0) is 47.1 Å². The third-order valence-electron chi connectivity index (χ3n) is 3.74. The van der Waals surface area contributed by atoms with Crippen LogP contribution in [0.3, 0.4) is 0 Å². The second-order valence-electron chi connectivity index (χ2n) is 6.56. The first kappa shape index (κ1) is 14.8. The fraction of sp³-hybridized carbons (Fsp3) is 0.600. The number of aromatic nitrogens is 1. The normalized spacial score (nSPS) is 23.6. The van der Waals surface area contributed by atoms with Crippen LogP contribution in [0, 0.1) is 6.92 Å². The van der Waals surface area contributed by atoms with Crippen LogP contribution in [-0.2, 0) is 4.74 Å². The molecule has 110 valence electrons. The lowest BCUT2D eigenvalue weighted by Crippen LogP contribution is -2.46. The van der Waals surface area contributed by atoms with Crippen molar-refractivity contribution in [1.29, 1.82) is 0 Å². The van der Waals surface area contributed by atoms with Crippen molar-refractivity contribution in [2.24, 2.45) is 0 Å². The number of aromatic amines is 1. The maximum Gasteiger partial charge on any atom is 0.253 e. The van der Waals surface area contributed by atoms with Crippen molar-refractivity contribution < 1.29 is 9.53 Å². The van der Waals surface area contributed by atoms with E-state index in [1.807, 2.05) is 27.7 Å². The van der Waals surface area contributed by atoms with E-state index in [9.17, 15) is 9.59 Å². The number of amides is 1. The standard InChI is InChI=1S/C15H22N2O3/c1-9-10(6-7-12(18)16-9)13(19)17-11-8-14(2,3)20-15(11,4)5/h6-7,11H,8H2,1-5H3,(H,16,18)(H,17,19). The molecular formula is C15H22N2O3. The average Bonchev–Trinajstić information content (AvgIpc) is 2.45. The first-order chi connectivity index (χ1) is 9.11. The minimum Gasteiger partial charge on any atom is -0.367 e. The van der Waals surface area contributed by atoms with Gasteiger partial charge in [0.2, 0.25) is 5.56 Å². The van der Waals surface area contributed by atoms with Gasteiger partial charge in [0.25, 0.3) is 5.91 Å². The Morgan fingerprint density at radius 3 is 2.50 bits per heavy atom. The van der Waals surface area contributed by atoms with Crippen molar-refractivity contribution >= 4 is 5.91 Å². The number of hydrogen-bond acceptors (Lipinski definition) is 3. The predicted molar refractivity (Wildman–Crippen MR) is 76.9 cm³/mol. The molecule has 20 heavy (non-hydrogen) atoms. The lowest BCUT2D eigenvalue weighted by molar-refractivity contribution is -0.0693. The van der Waals surface area contributed by atoms with E-state index in [0.717, 1.165) is 6.42 Å². The zero-order valence-corrected chi connectivity index (χ0v) is 12.7. The van der Waals surface area contributed by atoms with Gasteiger partial charge in [-0.3, -0.25) is 9.59 Å². The maximum absolute atomic E-state index is 12.3. The highest BCUT2D eigenvalue weighted by molar-refractivity contribution is 5.95. The quantitative estimate of drug-likeness (QED) is 0.866. The summed E-state index contributed by atoms with van der Waals surface area (Å²) in [7, 11) is 0. The van der Waals surface area contributed by atoms with E-state index in [0.29, 0.717) is 11.3 Å². The van der Waals surface area contributed by atoms with Gasteiger partial charge < -0.3 is 15.0 Å². The Morgan fingerprint density at radius 2 is 2.00 bits per heavy atom. The van der Waals surface area contributed by atoms with E-state index < -0.39 is 5.60 Å². The van der Waals surface area contributed by atoms with Crippen LogP contribution in [0.4, 0.5) is 0 Å². The summed E-state index contributed by atoms with van der Waals surface area (Å²) in [5.41, 5.74) is 0.206. The number of rotatable bonds is 2. The lowest BCUT2D eigenvalue weighted by Gasteiger charge is -2.27. The second-order valence-corrected chi connectivity index (χ2v) is 6.56. The van der Waals surface area contributed by atoms with Crippen molar-refractivity contribution in [3.8, 4) is 0 Å². The highest BCUT2D eigenvalue weighted by Gasteiger charge is 2.46. The van der Waals surface area contributed by atoms with Crippen LogP contribution in [0.2, 0.25) is 0 Å². The van der Waals surface area contributed by atoms with E-state index >= 15 is 0 Å². The van der Waals surface area contributed by atoms with Gasteiger partial charge in [0.05, 0.1) is 22.8 Å². The molecule has 1 aliphatic heterocycles. The molecule has 0 aliphatic carbocycles. The van der Waals surface area contributed by atoms with Gasteiger partial charge in [-0.2, -0.15) is 0 Å². The summed E-state index contributed by atoms with van der Waals surface area (Å²) in [6, 6.07) is 2.86. The van der Waals surface area contributed by atoms with Gasteiger partial charge in [-0.25, -0.2) is 0 Å². The number of carbonyl (C=O) groups excluding carboxylic acids is 1. The topological polar surface area (TPSA) is 71.2 Å². The van der Waals surface area contributed by atoms with Crippen molar-refractivity contribution in [2.75, 3.05) is 0 Å². The molecule has 5 heteroatoms. The van der Waals surface area contributed by atoms with Crippen molar-refractivity contribution in [1.82, 2.24) is 10.3 Å². The van der Waals surface area contributed by atoms with E-state index in [1.54, 1.807) is 13.0 Å². The molecule has 0 bridgehead atoms. The van der Waals surface area contributed by atoms with Crippen LogP contribution in [0.1, 0.15) is 50.2 Å². The predicted octanol–water partition coefficient (Wildman–Crippen LogP) is 1.76. The number of H-pyrrole nitrogens is 1. The van der Waals surface area contributed by atoms with Crippen LogP contribution >= 0.6 is 0 Å². The number of hydrogen-bond donors (Lipinski definition) is 2. The van der Waals surface area contributed by atoms with Crippen molar-refractivity contribution in [2.45, 2.75) is 58.3 Å². The Kier molecular flexibility index (Phi) is 3.50. The molecule has 0 spiro atoms. The molecule has 0 saturated carbocycles. The largest absolute Gasteiger partial charge is 0.367 e. The lowest BCUT2D eigenvalue weighted by atomic mass is 9.94. The molecule has 1 aliphatic rings. The molecule has 2 rings (SSSR count). The smallest absolute Gasteiger partial charge is 0.253 e. The monoisotopic (exact) mass is 278 g/mol. The zero-order valence-electron chi connectivity index (χ0n) is 12.7. The molecule has 0 radical (unpaired) electrons. The summed E-state index contributed by atoms with van der Waals surface area (Å²) in [5, 5.41) is 3.02. The summed E-state index contributed by atoms with van der Waals surface area (Å²) < 4.78 is 5.96. The second kappa shape index (κ2) is 4.74. The van der Waals surface area contributed by atoms with Crippen LogP contribution < -0.4 is 10.9 Å². The fourth-order valence-corrected chi connectivity index (χ4v) is 2.85. The van der Waals surface area contributed by atoms with Gasteiger partial charge in [-0.15, -0.1) is 0 Å². The van der Waals surface area contributed by atoms with Gasteiger partial charge >= 0.3 is 0 Å². The number of aryl methyl sites for hydroxylation is 1. The third-order valence-corrected chi connectivity index (χ3v) is 3.74. The Labute approximate surface area is 118 Å². The number of pyridine rings is 1. The average molecular weight is 278 g/mol. The van der Waals surface area contributed by atoms with Gasteiger partial charge in [-0.1, -0.05) is 0 Å². The SMILES string of the molecule is Cc1[nH]c(=O)ccc1C(=O)NC1CC(C)(C)OC1(C)C. The van der Waals surface area contributed by atoms with E-state index in [2.05, 4.69) is 10.3 Å². The molecule has 1 aromatic rings. The molecule has 2 N–H and O–H groups in total. The molecule has 1 aromatic heterocycles. The van der Waals surface area contributed by atoms with Gasteiger partial charge in [0.15, 0.2) is 0 Å². The number of ether oxygens (including phenoxy) is 1. The summed E-state index contributed by atoms with van der Waals surface area (Å²) >= 11 is 0. The van der Waals surface area contributed by atoms with Gasteiger partial charge in [0, 0.05) is 11.8 Å². The minimum absolute atomic E-state index is 0.0590. The molecule has 1 unspecified atom stereocenters. The molecule has 1 atom stereocenters. The highest BCUT2D eigenvalue weighted by Crippen LogP contribution is 2.37. The molecule has 1 fully saturated rings. The Hall–Kier alpha value is -1.62. The minimum atomic E-state index is -0.407. The summed E-state index contributed by atoms with van der Waals surface area (Å²) in [4.78, 5) is 26.2.